The third-order valence-corrected chi connectivity index (χ3v) is 6.27. The number of hydrogen-bond donors (Lipinski definition) is 2. The van der Waals surface area contributed by atoms with Crippen molar-refractivity contribution in [3.05, 3.63) is 53.3 Å². The van der Waals surface area contributed by atoms with Crippen LogP contribution in [0.3, 0.4) is 0 Å². The largest absolute Gasteiger partial charge is 0.508 e. The maximum absolute atomic E-state index is 15.5. The van der Waals surface area contributed by atoms with Crippen molar-refractivity contribution in [3.8, 4) is 16.9 Å². The molecule has 3 aromatic carbocycles. The number of aromatic nitrogens is 1. The van der Waals surface area contributed by atoms with E-state index in [-0.39, 0.29) is 27.9 Å². The van der Waals surface area contributed by atoms with E-state index in [9.17, 15) is 9.90 Å². The van der Waals surface area contributed by atoms with Gasteiger partial charge in [-0.15, -0.1) is 0 Å². The molecule has 1 aliphatic heterocycles. The first-order chi connectivity index (χ1) is 14.0. The summed E-state index contributed by atoms with van der Waals surface area (Å²) in [5.74, 6) is -0.477. The van der Waals surface area contributed by atoms with Crippen LogP contribution in [0, 0.1) is 5.82 Å². The lowest BCUT2D eigenvalue weighted by atomic mass is 9.96. The van der Waals surface area contributed by atoms with E-state index < -0.39 is 5.82 Å². The highest BCUT2D eigenvalue weighted by molar-refractivity contribution is 7.11. The summed E-state index contributed by atoms with van der Waals surface area (Å²) in [5, 5.41) is 16.6. The number of benzene rings is 3. The molecule has 1 fully saturated rings. The van der Waals surface area contributed by atoms with Gasteiger partial charge in [-0.3, -0.25) is 4.79 Å². The number of likely N-dealkylation sites (tertiary alicyclic amines) is 1. The molecule has 5 rings (SSSR count). The summed E-state index contributed by atoms with van der Waals surface area (Å²) in [4.78, 5) is 12.4. The number of aromatic hydroxyl groups is 1. The average Bonchev–Trinajstić information content (AvgIpc) is 3.07. The average molecular weight is 428 g/mol. The molecule has 0 saturated carbocycles. The van der Waals surface area contributed by atoms with E-state index in [0.29, 0.717) is 24.0 Å². The minimum Gasteiger partial charge on any atom is -0.508 e. The Morgan fingerprint density at radius 2 is 2.03 bits per heavy atom. The zero-order valence-electron chi connectivity index (χ0n) is 15.0. The topological polar surface area (TPSA) is 65.5 Å². The molecule has 5 nitrogen and oxygen atoms in total. The molecule has 0 unspecified atom stereocenters. The number of carbonyl (C=O) groups excluding carboxylic acids is 1. The molecule has 2 N–H and O–H groups in total. The Balaban J connectivity index is 1.63. The van der Waals surface area contributed by atoms with Gasteiger partial charge >= 0.3 is 0 Å². The lowest BCUT2D eigenvalue weighted by molar-refractivity contribution is -0.121. The number of rotatable bonds is 4. The van der Waals surface area contributed by atoms with Gasteiger partial charge in [-0.05, 0) is 46.1 Å². The summed E-state index contributed by atoms with van der Waals surface area (Å²) >= 11 is 7.69. The summed E-state index contributed by atoms with van der Waals surface area (Å²) in [7, 11) is 0. The fourth-order valence-corrected chi connectivity index (χ4v) is 4.87. The molecule has 1 aliphatic rings. The van der Waals surface area contributed by atoms with Crippen molar-refractivity contribution >= 4 is 56.2 Å². The monoisotopic (exact) mass is 427 g/mol. The third kappa shape index (κ3) is 2.97. The normalized spacial score (nSPS) is 14.3. The first-order valence-electron chi connectivity index (χ1n) is 9.00. The van der Waals surface area contributed by atoms with Gasteiger partial charge in [0.25, 0.3) is 0 Å². The molecule has 1 aromatic heterocycles. The number of amides is 1. The molecule has 1 saturated heterocycles. The number of nitrogens with zero attached hydrogens (tertiary/aromatic N) is 2. The third-order valence-electron chi connectivity index (χ3n) is 5.18. The molecule has 146 valence electrons. The fraction of sp³-hybridized carbons (Fsp3) is 0.143. The second-order valence-electron chi connectivity index (χ2n) is 7.07. The minimum atomic E-state index is -0.518. The summed E-state index contributed by atoms with van der Waals surface area (Å²) < 4.78 is 19.8. The molecular formula is C21H15ClFN3O2S. The zero-order valence-corrected chi connectivity index (χ0v) is 16.6. The summed E-state index contributed by atoms with van der Waals surface area (Å²) in [6, 6.07) is 12.4. The van der Waals surface area contributed by atoms with Crippen molar-refractivity contribution in [3.63, 3.8) is 0 Å². The second kappa shape index (κ2) is 6.86. The van der Waals surface area contributed by atoms with Gasteiger partial charge in [-0.25, -0.2) is 4.39 Å². The van der Waals surface area contributed by atoms with Gasteiger partial charge in [0.05, 0.1) is 11.1 Å². The zero-order chi connectivity index (χ0) is 20.1. The van der Waals surface area contributed by atoms with Crippen molar-refractivity contribution in [2.75, 3.05) is 18.4 Å². The molecule has 0 bridgehead atoms. The first-order valence-corrected chi connectivity index (χ1v) is 10.2. The van der Waals surface area contributed by atoms with E-state index in [0.717, 1.165) is 22.2 Å². The van der Waals surface area contributed by atoms with Crippen LogP contribution in [0.5, 0.6) is 5.75 Å². The van der Waals surface area contributed by atoms with E-state index in [4.69, 9.17) is 11.6 Å². The predicted octanol–water partition coefficient (Wildman–Crippen LogP) is 4.87. The molecule has 8 heteroatoms. The Labute approximate surface area is 174 Å². The van der Waals surface area contributed by atoms with Crippen molar-refractivity contribution in [2.45, 2.75) is 6.04 Å². The van der Waals surface area contributed by atoms with Crippen LogP contribution >= 0.6 is 23.1 Å². The Kier molecular flexibility index (Phi) is 4.29. The Morgan fingerprint density at radius 1 is 1.24 bits per heavy atom. The van der Waals surface area contributed by atoms with Crippen molar-refractivity contribution in [1.82, 2.24) is 9.27 Å². The smallest absolute Gasteiger partial charge is 0.209 e. The van der Waals surface area contributed by atoms with Crippen LogP contribution in [0.25, 0.3) is 32.8 Å². The molecule has 0 atom stereocenters. The molecular weight excluding hydrogens is 413 g/mol. The maximum atomic E-state index is 15.5. The number of anilines is 1. The quantitative estimate of drug-likeness (QED) is 0.456. The molecule has 29 heavy (non-hydrogen) atoms. The van der Waals surface area contributed by atoms with Crippen LogP contribution < -0.4 is 5.32 Å². The van der Waals surface area contributed by atoms with Crippen LogP contribution in [0.4, 0.5) is 9.39 Å². The highest BCUT2D eigenvalue weighted by Crippen LogP contribution is 2.43. The van der Waals surface area contributed by atoms with Gasteiger partial charge in [-0.1, -0.05) is 35.9 Å². The van der Waals surface area contributed by atoms with E-state index in [2.05, 4.69) is 9.69 Å². The van der Waals surface area contributed by atoms with Gasteiger partial charge in [0.2, 0.25) is 6.41 Å². The van der Waals surface area contributed by atoms with Crippen LogP contribution in [0.1, 0.15) is 0 Å². The number of phenols is 1. The van der Waals surface area contributed by atoms with Gasteiger partial charge < -0.3 is 15.3 Å². The van der Waals surface area contributed by atoms with Gasteiger partial charge in [-0.2, -0.15) is 4.37 Å². The molecule has 0 radical (unpaired) electrons. The molecule has 4 aromatic rings. The van der Waals surface area contributed by atoms with Gasteiger partial charge in [0.15, 0.2) is 5.82 Å². The van der Waals surface area contributed by atoms with Crippen molar-refractivity contribution in [1.29, 1.82) is 0 Å². The summed E-state index contributed by atoms with van der Waals surface area (Å²) in [6.45, 7) is 1.21. The SMILES string of the molecule is O=CN1CC(Nc2snc3c(F)c(-c4cc(O)cc5ccccc45)c(Cl)cc23)C1. The predicted molar refractivity (Wildman–Crippen MR) is 114 cm³/mol. The van der Waals surface area contributed by atoms with E-state index >= 15 is 4.39 Å². The Morgan fingerprint density at radius 3 is 2.83 bits per heavy atom. The maximum Gasteiger partial charge on any atom is 0.209 e. The Hall–Kier alpha value is -2.90. The van der Waals surface area contributed by atoms with Crippen molar-refractivity contribution < 1.29 is 14.3 Å². The van der Waals surface area contributed by atoms with Crippen LogP contribution in [0.15, 0.2) is 42.5 Å². The summed E-state index contributed by atoms with van der Waals surface area (Å²) in [5.41, 5.74) is 0.975. The minimum absolute atomic E-state index is 0.0413. The van der Waals surface area contributed by atoms with E-state index in [1.54, 1.807) is 17.0 Å². The number of phenolic OH excluding ortho intramolecular Hbond substituents is 1. The fourth-order valence-electron chi connectivity index (χ4n) is 3.74. The lowest BCUT2D eigenvalue weighted by Gasteiger charge is -2.36. The number of fused-ring (bicyclic) bond motifs is 2. The summed E-state index contributed by atoms with van der Waals surface area (Å²) in [6.07, 6.45) is 0.811. The molecule has 0 aliphatic carbocycles. The van der Waals surface area contributed by atoms with Gasteiger partial charge in [0.1, 0.15) is 16.3 Å². The van der Waals surface area contributed by atoms with Crippen LogP contribution in [0.2, 0.25) is 5.02 Å². The van der Waals surface area contributed by atoms with Crippen LogP contribution in [-0.2, 0) is 4.79 Å². The molecule has 0 spiro atoms. The van der Waals surface area contributed by atoms with Crippen LogP contribution in [-0.4, -0.2) is 39.9 Å². The highest BCUT2D eigenvalue weighted by atomic mass is 35.5. The second-order valence-corrected chi connectivity index (χ2v) is 8.25. The van der Waals surface area contributed by atoms with E-state index in [1.807, 2.05) is 24.3 Å². The number of carbonyl (C=O) groups is 1. The van der Waals surface area contributed by atoms with Gasteiger partial charge in [0, 0.05) is 24.0 Å². The number of halogens is 2. The van der Waals surface area contributed by atoms with Crippen molar-refractivity contribution in [2.24, 2.45) is 0 Å². The Bertz CT molecular complexity index is 1270. The number of nitrogens with one attached hydrogen (secondary N) is 1. The lowest BCUT2D eigenvalue weighted by Crippen LogP contribution is -2.53. The number of hydrogen-bond acceptors (Lipinski definition) is 5. The highest BCUT2D eigenvalue weighted by Gasteiger charge is 2.27. The standard InChI is InChI=1S/C21H15ClFN3O2S/c22-17-7-16-20(25-29-21(16)24-12-8-26(9-12)10-27)19(23)18(17)15-6-13(28)5-11-3-1-2-4-14(11)15/h1-7,10,12,24,28H,8-9H2. The van der Waals surface area contributed by atoms with E-state index in [1.165, 1.54) is 17.6 Å². The molecule has 1 amide bonds. The first kappa shape index (κ1) is 18.1. The molecule has 2 heterocycles.